The van der Waals surface area contributed by atoms with Crippen LogP contribution >= 0.6 is 11.3 Å². The first-order valence-corrected chi connectivity index (χ1v) is 2.37. The molecule has 0 atom stereocenters. The molecule has 2 nitrogen and oxygen atoms in total. The van der Waals surface area contributed by atoms with E-state index in [2.05, 4.69) is 15.7 Å². The van der Waals surface area contributed by atoms with E-state index in [4.69, 9.17) is 0 Å². The van der Waals surface area contributed by atoms with Crippen molar-refractivity contribution in [3.05, 3.63) is 10.5 Å². The zero-order valence-electron chi connectivity index (χ0n) is 4.46. The van der Waals surface area contributed by atoms with Crippen molar-refractivity contribution in [2.24, 2.45) is 0 Å². The first-order chi connectivity index (χ1) is 2.89. The SMILES string of the molecule is Cc1nn[c-]s1.[Y].[Y]. The van der Waals surface area contributed by atoms with Crippen LogP contribution in [-0.2, 0) is 65.4 Å². The van der Waals surface area contributed by atoms with Crippen molar-refractivity contribution in [1.82, 2.24) is 10.2 Å². The standard InChI is InChI=1S/C3H3N2S.2Y/c1-3-5-4-2-6-3;;/h1H3;;/q-1;;. The van der Waals surface area contributed by atoms with Gasteiger partial charge >= 0.3 is 0 Å². The number of aromatic nitrogens is 2. The molecule has 0 saturated carbocycles. The van der Waals surface area contributed by atoms with Crippen LogP contribution in [0.2, 0.25) is 0 Å². The maximum atomic E-state index is 3.63. The van der Waals surface area contributed by atoms with Crippen LogP contribution in [0.15, 0.2) is 0 Å². The van der Waals surface area contributed by atoms with Gasteiger partial charge in [-0.1, -0.05) is 12.4 Å². The van der Waals surface area contributed by atoms with Crippen molar-refractivity contribution >= 4 is 11.3 Å². The summed E-state index contributed by atoms with van der Waals surface area (Å²) in [5, 5.41) is 8.06. The minimum atomic E-state index is 0. The number of hydrogen-bond donors (Lipinski definition) is 0. The molecule has 0 aromatic carbocycles. The zero-order valence-corrected chi connectivity index (χ0v) is 11.0. The summed E-state index contributed by atoms with van der Waals surface area (Å²) >= 11 is 1.43. The third-order valence-electron chi connectivity index (χ3n) is 0.425. The van der Waals surface area contributed by atoms with E-state index < -0.39 is 0 Å². The fourth-order valence-corrected chi connectivity index (χ4v) is 0.493. The van der Waals surface area contributed by atoms with Gasteiger partial charge in [0.05, 0.1) is 0 Å². The minimum absolute atomic E-state index is 0. The van der Waals surface area contributed by atoms with Crippen LogP contribution in [0, 0.1) is 12.4 Å². The Morgan fingerprint density at radius 3 is 2.25 bits per heavy atom. The van der Waals surface area contributed by atoms with E-state index in [-0.39, 0.29) is 65.4 Å². The topological polar surface area (TPSA) is 25.8 Å². The first kappa shape index (κ1) is 12.4. The molecule has 0 aliphatic rings. The van der Waals surface area contributed by atoms with Crippen LogP contribution in [-0.4, -0.2) is 10.2 Å². The van der Waals surface area contributed by atoms with Gasteiger partial charge in [-0.3, -0.25) is 10.2 Å². The normalized spacial score (nSPS) is 6.62. The predicted molar refractivity (Wildman–Crippen MR) is 23.5 cm³/mol. The molecule has 0 aliphatic heterocycles. The van der Waals surface area contributed by atoms with E-state index in [1.54, 1.807) is 0 Å². The smallest absolute Gasteiger partial charge is 0 e. The minimum Gasteiger partial charge on any atom is -0.316 e. The molecule has 5 heteroatoms. The second-order valence-electron chi connectivity index (χ2n) is 0.912. The molecule has 0 N–H and O–H groups in total. The molecule has 0 spiro atoms. The van der Waals surface area contributed by atoms with Crippen molar-refractivity contribution in [2.75, 3.05) is 0 Å². The quantitative estimate of drug-likeness (QED) is 0.650. The van der Waals surface area contributed by atoms with E-state index in [0.717, 1.165) is 5.01 Å². The van der Waals surface area contributed by atoms with Gasteiger partial charge in [0.2, 0.25) is 0 Å². The Labute approximate surface area is 103 Å². The molecule has 0 amide bonds. The van der Waals surface area contributed by atoms with Crippen LogP contribution in [0.1, 0.15) is 5.01 Å². The van der Waals surface area contributed by atoms with Crippen LogP contribution in [0.5, 0.6) is 0 Å². The van der Waals surface area contributed by atoms with Gasteiger partial charge in [0.1, 0.15) is 0 Å². The van der Waals surface area contributed by atoms with Crippen molar-refractivity contribution in [1.29, 1.82) is 0 Å². The zero-order chi connectivity index (χ0) is 4.41. The molecule has 0 bridgehead atoms. The molecule has 0 fully saturated rings. The molecular weight excluding hydrogens is 274 g/mol. The first-order valence-electron chi connectivity index (χ1n) is 1.56. The van der Waals surface area contributed by atoms with E-state index in [1.165, 1.54) is 11.3 Å². The van der Waals surface area contributed by atoms with Crippen LogP contribution < -0.4 is 0 Å². The Balaban J connectivity index is 0. The van der Waals surface area contributed by atoms with Crippen molar-refractivity contribution in [3.8, 4) is 0 Å². The molecule has 1 aromatic heterocycles. The van der Waals surface area contributed by atoms with Crippen LogP contribution in [0.4, 0.5) is 0 Å². The fraction of sp³-hybridized carbons (Fsp3) is 0.333. The Morgan fingerprint density at radius 2 is 2.12 bits per heavy atom. The Bertz CT molecular complexity index is 119. The summed E-state index contributed by atoms with van der Waals surface area (Å²) in [5.74, 6) is 0. The number of hydrogen-bond acceptors (Lipinski definition) is 3. The van der Waals surface area contributed by atoms with E-state index in [1.807, 2.05) is 6.92 Å². The summed E-state index contributed by atoms with van der Waals surface area (Å²) in [6.07, 6.45) is 0. The third-order valence-corrected chi connectivity index (χ3v) is 0.975. The number of nitrogens with zero attached hydrogens (tertiary/aromatic N) is 2. The van der Waals surface area contributed by atoms with Crippen molar-refractivity contribution in [3.63, 3.8) is 0 Å². The van der Waals surface area contributed by atoms with Crippen molar-refractivity contribution < 1.29 is 65.4 Å². The molecule has 1 rings (SSSR count). The number of rotatable bonds is 0. The van der Waals surface area contributed by atoms with Gasteiger partial charge in [-0.05, 0) is 5.01 Å². The fourth-order valence-electron chi connectivity index (χ4n) is 0.198. The summed E-state index contributed by atoms with van der Waals surface area (Å²) in [6, 6.07) is 0. The Kier molecular flexibility index (Phi) is 10.7. The summed E-state index contributed by atoms with van der Waals surface area (Å²) in [6.45, 7) is 1.90. The summed E-state index contributed by atoms with van der Waals surface area (Å²) in [5.41, 5.74) is 2.61. The van der Waals surface area contributed by atoms with Gasteiger partial charge in [-0.2, -0.15) is 0 Å². The predicted octanol–water partition coefficient (Wildman–Crippen LogP) is 0.642. The largest absolute Gasteiger partial charge is 0.316 e. The van der Waals surface area contributed by atoms with E-state index >= 15 is 0 Å². The van der Waals surface area contributed by atoms with Gasteiger partial charge in [-0.15, -0.1) is 0 Å². The maximum Gasteiger partial charge on any atom is 0 e. The van der Waals surface area contributed by atoms with E-state index in [0.29, 0.717) is 0 Å². The van der Waals surface area contributed by atoms with Gasteiger partial charge in [0.25, 0.3) is 0 Å². The maximum absolute atomic E-state index is 3.63. The summed E-state index contributed by atoms with van der Waals surface area (Å²) in [4.78, 5) is 0. The average Bonchev–Trinajstić information content (AvgIpc) is 1.86. The summed E-state index contributed by atoms with van der Waals surface area (Å²) in [7, 11) is 0. The molecule has 0 unspecified atom stereocenters. The third kappa shape index (κ3) is 4.63. The average molecular weight is 277 g/mol. The Morgan fingerprint density at radius 1 is 1.50 bits per heavy atom. The van der Waals surface area contributed by atoms with Crippen molar-refractivity contribution in [2.45, 2.75) is 6.92 Å². The molecule has 38 valence electrons. The van der Waals surface area contributed by atoms with Crippen LogP contribution in [0.25, 0.3) is 0 Å². The van der Waals surface area contributed by atoms with Crippen LogP contribution in [0.3, 0.4) is 0 Å². The van der Waals surface area contributed by atoms with Gasteiger partial charge < -0.3 is 11.3 Å². The monoisotopic (exact) mass is 277 g/mol. The molecule has 1 aromatic rings. The molecule has 1 heterocycles. The molecule has 0 saturated heterocycles. The second kappa shape index (κ2) is 6.88. The van der Waals surface area contributed by atoms with Gasteiger partial charge in [0, 0.05) is 65.4 Å². The molecular formula is C3H3N2SY2-. The van der Waals surface area contributed by atoms with Gasteiger partial charge in [-0.25, -0.2) is 0 Å². The number of aryl methyl sites for hydroxylation is 1. The molecule has 2 radical (unpaired) electrons. The van der Waals surface area contributed by atoms with E-state index in [9.17, 15) is 0 Å². The summed E-state index contributed by atoms with van der Waals surface area (Å²) < 4.78 is 0. The second-order valence-corrected chi connectivity index (χ2v) is 1.89. The molecule has 0 aliphatic carbocycles. The van der Waals surface area contributed by atoms with Gasteiger partial charge in [0.15, 0.2) is 0 Å². The Hall–Kier alpha value is 1.77. The molecule has 8 heavy (non-hydrogen) atoms.